The van der Waals surface area contributed by atoms with Crippen molar-refractivity contribution in [3.8, 4) is 0 Å². The zero-order chi connectivity index (χ0) is 11.8. The lowest BCUT2D eigenvalue weighted by atomic mass is 9.77. The molecule has 0 aromatic heterocycles. The first-order valence-corrected chi connectivity index (χ1v) is 5.26. The molecule has 0 aliphatic heterocycles. The molecule has 0 radical (unpaired) electrons. The molecule has 1 aliphatic rings. The highest BCUT2D eigenvalue weighted by atomic mass is 16.2. The van der Waals surface area contributed by atoms with Crippen LogP contribution < -0.4 is 0 Å². The summed E-state index contributed by atoms with van der Waals surface area (Å²) in [6.07, 6.45) is 3.23. The van der Waals surface area contributed by atoms with Gasteiger partial charge < -0.3 is 0 Å². The van der Waals surface area contributed by atoms with Gasteiger partial charge in [-0.3, -0.25) is 14.5 Å². The summed E-state index contributed by atoms with van der Waals surface area (Å²) in [7, 11) is 1.82. The minimum absolute atomic E-state index is 0.00815. The Morgan fingerprint density at radius 3 is 2.33 bits per heavy atom. The molecule has 0 aromatic rings. The number of hydrogen-bond donors (Lipinski definition) is 0. The minimum atomic E-state index is -0.606. The highest BCUT2D eigenvalue weighted by Gasteiger charge is 2.41. The summed E-state index contributed by atoms with van der Waals surface area (Å²) < 4.78 is 0. The van der Waals surface area contributed by atoms with Crippen molar-refractivity contribution in [2.45, 2.75) is 39.8 Å². The topological polar surface area (TPSA) is 37.4 Å². The molecule has 3 heteroatoms. The van der Waals surface area contributed by atoms with E-state index in [-0.39, 0.29) is 17.6 Å². The van der Waals surface area contributed by atoms with Gasteiger partial charge in [0.1, 0.15) is 6.04 Å². The molecule has 0 saturated heterocycles. The molecule has 0 aromatic carbocycles. The summed E-state index contributed by atoms with van der Waals surface area (Å²) in [5.41, 5.74) is -0.526. The van der Waals surface area contributed by atoms with Crippen LogP contribution in [0.25, 0.3) is 0 Å². The maximum absolute atomic E-state index is 12.1. The van der Waals surface area contributed by atoms with Crippen molar-refractivity contribution in [2.24, 2.45) is 5.41 Å². The van der Waals surface area contributed by atoms with Crippen molar-refractivity contribution in [2.75, 3.05) is 7.05 Å². The van der Waals surface area contributed by atoms with Gasteiger partial charge in [0.05, 0.1) is 0 Å². The van der Waals surface area contributed by atoms with Crippen LogP contribution in [0.3, 0.4) is 0 Å². The van der Waals surface area contributed by atoms with Crippen LogP contribution in [0.2, 0.25) is 0 Å². The summed E-state index contributed by atoms with van der Waals surface area (Å²) in [5, 5.41) is 0. The van der Waals surface area contributed by atoms with Crippen LogP contribution in [-0.2, 0) is 9.59 Å². The number of carbonyl (C=O) groups excluding carboxylic acids is 2. The van der Waals surface area contributed by atoms with E-state index in [1.165, 1.54) is 6.08 Å². The third-order valence-corrected chi connectivity index (χ3v) is 3.04. The number of likely N-dealkylation sites (N-methyl/N-ethyl adjacent to an activating group) is 1. The van der Waals surface area contributed by atoms with Crippen molar-refractivity contribution >= 4 is 11.6 Å². The monoisotopic (exact) mass is 209 g/mol. The number of Topliss-reactive ketones (excluding diaryl/α,β-unsaturated/α-hetero) is 1. The highest BCUT2D eigenvalue weighted by molar-refractivity contribution is 6.16. The number of rotatable bonds is 2. The molecule has 1 aliphatic carbocycles. The van der Waals surface area contributed by atoms with E-state index in [2.05, 4.69) is 0 Å². The van der Waals surface area contributed by atoms with Crippen molar-refractivity contribution in [1.82, 2.24) is 4.90 Å². The van der Waals surface area contributed by atoms with Gasteiger partial charge in [0, 0.05) is 11.5 Å². The second kappa shape index (κ2) is 3.89. The zero-order valence-corrected chi connectivity index (χ0v) is 10.1. The quantitative estimate of drug-likeness (QED) is 0.646. The van der Waals surface area contributed by atoms with Gasteiger partial charge in [-0.25, -0.2) is 0 Å². The zero-order valence-electron chi connectivity index (χ0n) is 10.1. The molecular formula is C12H19NO2. The van der Waals surface area contributed by atoms with Gasteiger partial charge in [0.25, 0.3) is 0 Å². The van der Waals surface area contributed by atoms with Crippen LogP contribution in [-0.4, -0.2) is 35.6 Å². The molecule has 3 nitrogen and oxygen atoms in total. The SMILES string of the molecule is CC(C)N(C)C1C(=O)C=CC(C)(C)C1=O. The molecule has 1 atom stereocenters. The summed E-state index contributed by atoms with van der Waals surface area (Å²) in [5.74, 6) is -0.110. The highest BCUT2D eigenvalue weighted by Crippen LogP contribution is 2.27. The average molecular weight is 209 g/mol. The lowest BCUT2D eigenvalue weighted by molar-refractivity contribution is -0.138. The first-order valence-electron chi connectivity index (χ1n) is 5.26. The summed E-state index contributed by atoms with van der Waals surface area (Å²) in [6.45, 7) is 7.65. The van der Waals surface area contributed by atoms with Crippen LogP contribution in [0.4, 0.5) is 0 Å². The number of ketones is 2. The molecule has 0 spiro atoms. The lowest BCUT2D eigenvalue weighted by Gasteiger charge is -2.35. The normalized spacial score (nSPS) is 25.4. The largest absolute Gasteiger partial charge is 0.296 e. The van der Waals surface area contributed by atoms with E-state index in [1.54, 1.807) is 6.08 Å². The average Bonchev–Trinajstić information content (AvgIpc) is 2.12. The van der Waals surface area contributed by atoms with Gasteiger partial charge in [-0.05, 0) is 40.8 Å². The fourth-order valence-electron chi connectivity index (χ4n) is 1.63. The van der Waals surface area contributed by atoms with Crippen LogP contribution in [0, 0.1) is 5.41 Å². The number of allylic oxidation sites excluding steroid dienone is 1. The van der Waals surface area contributed by atoms with Crippen LogP contribution in [0.15, 0.2) is 12.2 Å². The van der Waals surface area contributed by atoms with E-state index >= 15 is 0 Å². The Morgan fingerprint density at radius 2 is 1.87 bits per heavy atom. The molecule has 84 valence electrons. The molecular weight excluding hydrogens is 190 g/mol. The van der Waals surface area contributed by atoms with Crippen molar-refractivity contribution in [3.05, 3.63) is 12.2 Å². The Morgan fingerprint density at radius 1 is 1.33 bits per heavy atom. The lowest BCUT2D eigenvalue weighted by Crippen LogP contribution is -2.53. The second-order valence-electron chi connectivity index (χ2n) is 4.98. The molecule has 0 saturated carbocycles. The Bertz CT molecular complexity index is 316. The number of carbonyl (C=O) groups is 2. The molecule has 0 N–H and O–H groups in total. The fourth-order valence-corrected chi connectivity index (χ4v) is 1.63. The molecule has 15 heavy (non-hydrogen) atoms. The molecule has 0 fully saturated rings. The first kappa shape index (κ1) is 12.1. The third-order valence-electron chi connectivity index (χ3n) is 3.04. The minimum Gasteiger partial charge on any atom is -0.296 e. The third kappa shape index (κ3) is 2.17. The molecule has 1 unspecified atom stereocenters. The Kier molecular flexibility index (Phi) is 3.14. The maximum atomic E-state index is 12.1. The predicted octanol–water partition coefficient (Wildman–Crippen LogP) is 1.43. The maximum Gasteiger partial charge on any atom is 0.180 e. The van der Waals surface area contributed by atoms with Crippen molar-refractivity contribution < 1.29 is 9.59 Å². The van der Waals surface area contributed by atoms with Gasteiger partial charge >= 0.3 is 0 Å². The Balaban J connectivity index is 3.04. The standard InChI is InChI=1S/C12H19NO2/c1-8(2)13(5)10-9(14)6-7-12(3,4)11(10)15/h6-8,10H,1-5H3. The van der Waals surface area contributed by atoms with Crippen molar-refractivity contribution in [3.63, 3.8) is 0 Å². The Labute approximate surface area is 91.1 Å². The van der Waals surface area contributed by atoms with E-state index < -0.39 is 11.5 Å². The van der Waals surface area contributed by atoms with E-state index in [0.717, 1.165) is 0 Å². The second-order valence-corrected chi connectivity index (χ2v) is 4.98. The first-order chi connectivity index (χ1) is 6.77. The van der Waals surface area contributed by atoms with Crippen molar-refractivity contribution in [1.29, 1.82) is 0 Å². The number of nitrogens with zero attached hydrogens (tertiary/aromatic N) is 1. The van der Waals surface area contributed by atoms with Crippen LogP contribution >= 0.6 is 0 Å². The predicted molar refractivity (Wildman–Crippen MR) is 59.6 cm³/mol. The summed E-state index contributed by atoms with van der Waals surface area (Å²) >= 11 is 0. The Hall–Kier alpha value is -0.960. The van der Waals surface area contributed by atoms with Gasteiger partial charge in [0.15, 0.2) is 11.6 Å². The number of hydrogen-bond acceptors (Lipinski definition) is 3. The smallest absolute Gasteiger partial charge is 0.180 e. The molecule has 0 amide bonds. The van der Waals surface area contributed by atoms with E-state index in [4.69, 9.17) is 0 Å². The molecule has 0 bridgehead atoms. The van der Waals surface area contributed by atoms with E-state index in [0.29, 0.717) is 0 Å². The summed E-state index contributed by atoms with van der Waals surface area (Å²) in [6, 6.07) is -0.421. The van der Waals surface area contributed by atoms with Gasteiger partial charge in [-0.15, -0.1) is 0 Å². The van der Waals surface area contributed by atoms with Gasteiger partial charge in [-0.1, -0.05) is 6.08 Å². The van der Waals surface area contributed by atoms with E-state index in [1.807, 2.05) is 39.6 Å². The van der Waals surface area contributed by atoms with Gasteiger partial charge in [-0.2, -0.15) is 0 Å². The van der Waals surface area contributed by atoms with Crippen LogP contribution in [0.1, 0.15) is 27.7 Å². The molecule has 0 heterocycles. The van der Waals surface area contributed by atoms with Crippen LogP contribution in [0.5, 0.6) is 0 Å². The van der Waals surface area contributed by atoms with E-state index in [9.17, 15) is 9.59 Å². The molecule has 1 rings (SSSR count). The fraction of sp³-hybridized carbons (Fsp3) is 0.667. The summed E-state index contributed by atoms with van der Waals surface area (Å²) in [4.78, 5) is 25.6. The van der Waals surface area contributed by atoms with Gasteiger partial charge in [0.2, 0.25) is 0 Å².